The lowest BCUT2D eigenvalue weighted by atomic mass is 10.2. The molecule has 2 heterocycles. The van der Waals surface area contributed by atoms with E-state index in [9.17, 15) is 14.4 Å². The molecule has 0 bridgehead atoms. The number of esters is 1. The van der Waals surface area contributed by atoms with Crippen molar-refractivity contribution in [3.63, 3.8) is 0 Å². The van der Waals surface area contributed by atoms with E-state index in [0.29, 0.717) is 25.6 Å². The van der Waals surface area contributed by atoms with Gasteiger partial charge in [-0.25, -0.2) is 9.78 Å². The predicted molar refractivity (Wildman–Crippen MR) is 109 cm³/mol. The number of nitrogens with zero attached hydrogens (tertiary/aromatic N) is 1. The van der Waals surface area contributed by atoms with Crippen molar-refractivity contribution in [1.82, 2.24) is 4.98 Å². The lowest BCUT2D eigenvalue weighted by molar-refractivity contribution is -0.119. The number of benzene rings is 1. The summed E-state index contributed by atoms with van der Waals surface area (Å²) in [5, 5.41) is 5.63. The van der Waals surface area contributed by atoms with Crippen molar-refractivity contribution in [3.8, 4) is 10.6 Å². The summed E-state index contributed by atoms with van der Waals surface area (Å²) in [6, 6.07) is 8.63. The lowest BCUT2D eigenvalue weighted by Gasteiger charge is -2.05. The van der Waals surface area contributed by atoms with Gasteiger partial charge in [-0.05, 0) is 30.5 Å². The third kappa shape index (κ3) is 4.56. The van der Waals surface area contributed by atoms with E-state index < -0.39 is 24.4 Å². The number of thiophene rings is 1. The predicted octanol–water partition coefficient (Wildman–Crippen LogP) is 3.73. The van der Waals surface area contributed by atoms with Gasteiger partial charge in [0.1, 0.15) is 14.9 Å². The van der Waals surface area contributed by atoms with E-state index in [0.717, 1.165) is 28.2 Å². The van der Waals surface area contributed by atoms with Crippen molar-refractivity contribution in [3.05, 3.63) is 56.9 Å². The first kappa shape index (κ1) is 20.0. The number of thiazole rings is 1. The second-order valence-corrected chi connectivity index (χ2v) is 7.95. The Balaban J connectivity index is 1.64. The first-order valence-corrected chi connectivity index (χ1v) is 10.00. The van der Waals surface area contributed by atoms with E-state index >= 15 is 0 Å². The maximum absolute atomic E-state index is 12.3. The van der Waals surface area contributed by atoms with E-state index in [1.807, 2.05) is 6.07 Å². The number of aromatic nitrogens is 1. The van der Waals surface area contributed by atoms with Gasteiger partial charge in [-0.15, -0.1) is 22.7 Å². The van der Waals surface area contributed by atoms with Gasteiger partial charge in [0.05, 0.1) is 11.3 Å². The minimum atomic E-state index is -0.653. The van der Waals surface area contributed by atoms with Crippen LogP contribution < -0.4 is 11.1 Å². The molecule has 1 aromatic carbocycles. The Kier molecular flexibility index (Phi) is 6.08. The molecule has 28 heavy (non-hydrogen) atoms. The van der Waals surface area contributed by atoms with Crippen LogP contribution >= 0.6 is 34.3 Å². The topological polar surface area (TPSA) is 111 Å². The number of carbonyl (C=O) groups is 3. The molecule has 3 rings (SSSR count). The first-order valence-electron chi connectivity index (χ1n) is 7.93. The smallest absolute Gasteiger partial charge is 0.350 e. The van der Waals surface area contributed by atoms with Crippen LogP contribution in [0.5, 0.6) is 0 Å². The molecule has 144 valence electrons. The van der Waals surface area contributed by atoms with Crippen molar-refractivity contribution >= 4 is 57.1 Å². The van der Waals surface area contributed by atoms with Gasteiger partial charge in [-0.1, -0.05) is 23.7 Å². The molecule has 3 aromatic rings. The lowest BCUT2D eigenvalue weighted by Crippen LogP contribution is -2.22. The molecular weight excluding hydrogens is 422 g/mol. The second kappa shape index (κ2) is 8.51. The molecule has 0 aliphatic carbocycles. The zero-order chi connectivity index (χ0) is 20.3. The van der Waals surface area contributed by atoms with Crippen LogP contribution in [0.4, 0.5) is 5.00 Å². The number of primary amides is 1. The Morgan fingerprint density at radius 1 is 1.29 bits per heavy atom. The van der Waals surface area contributed by atoms with Gasteiger partial charge in [-0.2, -0.15) is 0 Å². The Labute approximate surface area is 173 Å². The summed E-state index contributed by atoms with van der Waals surface area (Å²) in [5.41, 5.74) is 6.72. The molecule has 2 aromatic heterocycles. The number of nitrogens with two attached hydrogens (primary N) is 1. The molecule has 10 heteroatoms. The molecular formula is C18H14ClN3O4S2. The Bertz CT molecular complexity index is 1060. The summed E-state index contributed by atoms with van der Waals surface area (Å²) in [6.07, 6.45) is 0. The van der Waals surface area contributed by atoms with Crippen molar-refractivity contribution in [1.29, 1.82) is 0 Å². The van der Waals surface area contributed by atoms with Gasteiger partial charge in [0.2, 0.25) is 0 Å². The van der Waals surface area contributed by atoms with Crippen LogP contribution in [-0.4, -0.2) is 29.4 Å². The molecule has 0 aliphatic heterocycles. The van der Waals surface area contributed by atoms with E-state index in [2.05, 4.69) is 10.3 Å². The van der Waals surface area contributed by atoms with Crippen LogP contribution in [0, 0.1) is 6.92 Å². The number of anilines is 1. The van der Waals surface area contributed by atoms with Crippen molar-refractivity contribution in [2.24, 2.45) is 5.73 Å². The number of ether oxygens (including phenoxy) is 1. The standard InChI is InChI=1S/C18H14ClN3O4S2/c1-9-14(28-16(21-9)10-3-2-4-11(19)7-10)18(25)26-8-13(23)22-17-12(15(20)24)5-6-27-17/h2-7H,8H2,1H3,(H2,20,24)(H,22,23). The van der Waals surface area contributed by atoms with Crippen LogP contribution in [0.3, 0.4) is 0 Å². The fourth-order valence-corrected chi connectivity index (χ4v) is 4.25. The van der Waals surface area contributed by atoms with E-state index in [-0.39, 0.29) is 5.56 Å². The SMILES string of the molecule is Cc1nc(-c2cccc(Cl)c2)sc1C(=O)OCC(=O)Nc1sccc1C(N)=O. The Morgan fingerprint density at radius 3 is 2.79 bits per heavy atom. The number of amides is 2. The minimum absolute atomic E-state index is 0.203. The van der Waals surface area contributed by atoms with E-state index in [1.54, 1.807) is 30.5 Å². The van der Waals surface area contributed by atoms with E-state index in [4.69, 9.17) is 22.1 Å². The van der Waals surface area contributed by atoms with Crippen molar-refractivity contribution in [2.45, 2.75) is 6.92 Å². The highest BCUT2D eigenvalue weighted by Crippen LogP contribution is 2.30. The summed E-state index contributed by atoms with van der Waals surface area (Å²) >= 11 is 8.30. The summed E-state index contributed by atoms with van der Waals surface area (Å²) in [6.45, 7) is 1.19. The molecule has 0 radical (unpaired) electrons. The van der Waals surface area contributed by atoms with Gasteiger partial charge in [0, 0.05) is 10.6 Å². The molecule has 3 N–H and O–H groups in total. The van der Waals surface area contributed by atoms with Crippen molar-refractivity contribution in [2.75, 3.05) is 11.9 Å². The van der Waals surface area contributed by atoms with Crippen LogP contribution in [0.2, 0.25) is 5.02 Å². The highest BCUT2D eigenvalue weighted by atomic mass is 35.5. The number of carbonyl (C=O) groups excluding carboxylic acids is 3. The van der Waals surface area contributed by atoms with Crippen LogP contribution in [0.1, 0.15) is 25.7 Å². The number of aryl methyl sites for hydroxylation is 1. The average Bonchev–Trinajstić information content (AvgIpc) is 3.26. The molecule has 0 atom stereocenters. The van der Waals surface area contributed by atoms with Gasteiger partial charge in [-0.3, -0.25) is 9.59 Å². The average molecular weight is 436 g/mol. The highest BCUT2D eigenvalue weighted by Gasteiger charge is 2.19. The van der Waals surface area contributed by atoms with Gasteiger partial charge >= 0.3 is 5.97 Å². The fraction of sp³-hybridized carbons (Fsp3) is 0.111. The van der Waals surface area contributed by atoms with Gasteiger partial charge < -0.3 is 15.8 Å². The minimum Gasteiger partial charge on any atom is -0.451 e. The zero-order valence-electron chi connectivity index (χ0n) is 14.5. The number of rotatable bonds is 6. The molecule has 0 unspecified atom stereocenters. The fourth-order valence-electron chi connectivity index (χ4n) is 2.29. The molecule has 2 amide bonds. The third-order valence-corrected chi connectivity index (χ3v) is 5.82. The molecule has 0 saturated carbocycles. The number of halogens is 1. The van der Waals surface area contributed by atoms with Gasteiger partial charge in [0.15, 0.2) is 6.61 Å². The number of hydrogen-bond donors (Lipinski definition) is 2. The van der Waals surface area contributed by atoms with Crippen molar-refractivity contribution < 1.29 is 19.1 Å². The second-order valence-electron chi connectivity index (χ2n) is 5.60. The summed E-state index contributed by atoms with van der Waals surface area (Å²) in [7, 11) is 0. The molecule has 7 nitrogen and oxygen atoms in total. The number of nitrogens with one attached hydrogen (secondary N) is 1. The zero-order valence-corrected chi connectivity index (χ0v) is 16.9. The largest absolute Gasteiger partial charge is 0.451 e. The van der Waals surface area contributed by atoms with Crippen LogP contribution in [-0.2, 0) is 9.53 Å². The first-order chi connectivity index (χ1) is 13.3. The maximum Gasteiger partial charge on any atom is 0.350 e. The highest BCUT2D eigenvalue weighted by molar-refractivity contribution is 7.17. The molecule has 0 fully saturated rings. The summed E-state index contributed by atoms with van der Waals surface area (Å²) < 4.78 is 5.07. The molecule has 0 spiro atoms. The maximum atomic E-state index is 12.3. The normalized spacial score (nSPS) is 10.5. The molecule has 0 saturated heterocycles. The monoisotopic (exact) mass is 435 g/mol. The summed E-state index contributed by atoms with van der Waals surface area (Å²) in [4.78, 5) is 40.3. The van der Waals surface area contributed by atoms with E-state index in [1.165, 1.54) is 6.07 Å². The summed E-state index contributed by atoms with van der Waals surface area (Å²) in [5.74, 6) is -1.88. The Hall–Kier alpha value is -2.75. The third-order valence-electron chi connectivity index (χ3n) is 3.57. The molecule has 0 aliphatic rings. The Morgan fingerprint density at radius 2 is 2.07 bits per heavy atom. The quantitative estimate of drug-likeness (QED) is 0.573. The number of hydrogen-bond acceptors (Lipinski definition) is 7. The van der Waals surface area contributed by atoms with Crippen LogP contribution in [0.25, 0.3) is 10.6 Å². The van der Waals surface area contributed by atoms with Crippen LogP contribution in [0.15, 0.2) is 35.7 Å². The van der Waals surface area contributed by atoms with Gasteiger partial charge in [0.25, 0.3) is 11.8 Å².